The van der Waals surface area contributed by atoms with Crippen LogP contribution in [0.2, 0.25) is 5.02 Å². The maximum atomic E-state index is 6.27. The Balaban J connectivity index is 2.76. The minimum absolute atomic E-state index is 0.639. The summed E-state index contributed by atoms with van der Waals surface area (Å²) < 4.78 is 0. The fourth-order valence-electron chi connectivity index (χ4n) is 1.65. The summed E-state index contributed by atoms with van der Waals surface area (Å²) in [6.45, 7) is 1.74. The van der Waals surface area contributed by atoms with Crippen LogP contribution in [0.25, 0.3) is 10.8 Å². The number of fused-ring (bicyclic) bond motifs is 1. The average molecular weight is 221 g/mol. The molecular weight excluding hydrogens is 208 g/mol. The first kappa shape index (κ1) is 10.4. The monoisotopic (exact) mass is 220 g/mol. The fraction of sp³-hybridized carbons (Fsp3) is 0.167. The zero-order chi connectivity index (χ0) is 11.1. The van der Waals surface area contributed by atoms with Crippen molar-refractivity contribution in [3.63, 3.8) is 0 Å². The van der Waals surface area contributed by atoms with Crippen LogP contribution in [0, 0.1) is 0 Å². The highest BCUT2D eigenvalue weighted by Gasteiger charge is 2.19. The van der Waals surface area contributed by atoms with Crippen molar-refractivity contribution in [2.75, 3.05) is 0 Å². The standard InChI is InChI=1S/C12H13ClN2/c1-12(14,15)10-7-6-8-4-2-3-5-9(8)11(10)13/h2-7H,14-15H2,1H3. The predicted molar refractivity (Wildman–Crippen MR) is 64.7 cm³/mol. The van der Waals surface area contributed by atoms with Crippen LogP contribution in [0.1, 0.15) is 12.5 Å². The molecular formula is C12H13ClN2. The van der Waals surface area contributed by atoms with E-state index < -0.39 is 5.66 Å². The fourth-order valence-corrected chi connectivity index (χ4v) is 2.09. The van der Waals surface area contributed by atoms with E-state index in [2.05, 4.69) is 0 Å². The largest absolute Gasteiger partial charge is 0.310 e. The van der Waals surface area contributed by atoms with Gasteiger partial charge in [0.05, 0.1) is 10.7 Å². The third-order valence-corrected chi connectivity index (χ3v) is 2.85. The van der Waals surface area contributed by atoms with Crippen LogP contribution in [0.4, 0.5) is 0 Å². The van der Waals surface area contributed by atoms with Crippen LogP contribution < -0.4 is 11.5 Å². The lowest BCUT2D eigenvalue weighted by Gasteiger charge is -2.21. The van der Waals surface area contributed by atoms with Gasteiger partial charge in [0, 0.05) is 10.9 Å². The van der Waals surface area contributed by atoms with Crippen molar-refractivity contribution in [1.29, 1.82) is 0 Å². The summed E-state index contributed by atoms with van der Waals surface area (Å²) in [7, 11) is 0. The molecule has 0 spiro atoms. The van der Waals surface area contributed by atoms with Crippen molar-refractivity contribution in [1.82, 2.24) is 0 Å². The van der Waals surface area contributed by atoms with Gasteiger partial charge < -0.3 is 11.5 Å². The van der Waals surface area contributed by atoms with E-state index in [1.807, 2.05) is 36.4 Å². The van der Waals surface area contributed by atoms with Crippen LogP contribution >= 0.6 is 11.6 Å². The molecule has 2 nitrogen and oxygen atoms in total. The van der Waals surface area contributed by atoms with Gasteiger partial charge in [0.2, 0.25) is 0 Å². The van der Waals surface area contributed by atoms with E-state index in [1.165, 1.54) is 0 Å². The lowest BCUT2D eigenvalue weighted by Crippen LogP contribution is -2.42. The predicted octanol–water partition coefficient (Wildman–Crippen LogP) is 2.58. The Kier molecular flexibility index (Phi) is 2.43. The normalized spacial score (nSPS) is 12.0. The van der Waals surface area contributed by atoms with Crippen LogP contribution in [0.5, 0.6) is 0 Å². The molecule has 0 aliphatic rings. The maximum Gasteiger partial charge on any atom is 0.0885 e. The third kappa shape index (κ3) is 1.84. The molecule has 2 aromatic carbocycles. The second-order valence-corrected chi connectivity index (χ2v) is 4.31. The van der Waals surface area contributed by atoms with Gasteiger partial charge >= 0.3 is 0 Å². The molecule has 0 heterocycles. The Labute approximate surface area is 93.8 Å². The summed E-state index contributed by atoms with van der Waals surface area (Å²) in [6, 6.07) is 11.8. The molecule has 0 unspecified atom stereocenters. The molecule has 0 aliphatic heterocycles. The van der Waals surface area contributed by atoms with Crippen LogP contribution in [-0.4, -0.2) is 0 Å². The van der Waals surface area contributed by atoms with E-state index in [1.54, 1.807) is 6.92 Å². The smallest absolute Gasteiger partial charge is 0.0885 e. The molecule has 0 amide bonds. The molecule has 0 saturated carbocycles. The summed E-state index contributed by atoms with van der Waals surface area (Å²) in [4.78, 5) is 0. The number of hydrogen-bond donors (Lipinski definition) is 2. The van der Waals surface area contributed by atoms with E-state index in [4.69, 9.17) is 23.1 Å². The third-order valence-electron chi connectivity index (χ3n) is 2.44. The van der Waals surface area contributed by atoms with Crippen molar-refractivity contribution in [3.8, 4) is 0 Å². The summed E-state index contributed by atoms with van der Waals surface area (Å²) in [5.41, 5.74) is 11.5. The SMILES string of the molecule is CC(N)(N)c1ccc2ccccc2c1Cl. The summed E-state index contributed by atoms with van der Waals surface area (Å²) in [5, 5.41) is 2.72. The van der Waals surface area contributed by atoms with Crippen LogP contribution in [0.15, 0.2) is 36.4 Å². The Morgan fingerprint density at radius 3 is 2.40 bits per heavy atom. The lowest BCUT2D eigenvalue weighted by atomic mass is 9.99. The highest BCUT2D eigenvalue weighted by atomic mass is 35.5. The van der Waals surface area contributed by atoms with Crippen molar-refractivity contribution < 1.29 is 0 Å². The molecule has 0 fully saturated rings. The number of benzene rings is 2. The molecule has 4 N–H and O–H groups in total. The van der Waals surface area contributed by atoms with Gasteiger partial charge in [-0.05, 0) is 12.3 Å². The van der Waals surface area contributed by atoms with Crippen LogP contribution in [-0.2, 0) is 5.66 Å². The van der Waals surface area contributed by atoms with Crippen molar-refractivity contribution in [3.05, 3.63) is 47.0 Å². The molecule has 2 aromatic rings. The van der Waals surface area contributed by atoms with E-state index >= 15 is 0 Å². The molecule has 15 heavy (non-hydrogen) atoms. The highest BCUT2D eigenvalue weighted by Crippen LogP contribution is 2.30. The second-order valence-electron chi connectivity index (χ2n) is 3.93. The highest BCUT2D eigenvalue weighted by molar-refractivity contribution is 6.36. The first-order valence-electron chi connectivity index (χ1n) is 4.75. The van der Waals surface area contributed by atoms with Gasteiger partial charge in [-0.15, -0.1) is 0 Å². The number of nitrogens with two attached hydrogens (primary N) is 2. The van der Waals surface area contributed by atoms with Crippen molar-refractivity contribution in [2.24, 2.45) is 11.5 Å². The van der Waals surface area contributed by atoms with Crippen LogP contribution in [0.3, 0.4) is 0 Å². The molecule has 0 bridgehead atoms. The van der Waals surface area contributed by atoms with Gasteiger partial charge in [-0.2, -0.15) is 0 Å². The topological polar surface area (TPSA) is 52.0 Å². The van der Waals surface area contributed by atoms with Gasteiger partial charge in [-0.1, -0.05) is 48.0 Å². The molecule has 0 saturated heterocycles. The molecule has 78 valence electrons. The number of rotatable bonds is 1. The first-order valence-corrected chi connectivity index (χ1v) is 5.13. The van der Waals surface area contributed by atoms with E-state index in [0.717, 1.165) is 16.3 Å². The molecule has 0 aromatic heterocycles. The van der Waals surface area contributed by atoms with E-state index in [9.17, 15) is 0 Å². The van der Waals surface area contributed by atoms with Crippen molar-refractivity contribution in [2.45, 2.75) is 12.6 Å². The van der Waals surface area contributed by atoms with Gasteiger partial charge in [-0.3, -0.25) is 0 Å². The van der Waals surface area contributed by atoms with E-state index in [0.29, 0.717) is 5.02 Å². The minimum atomic E-state index is -0.902. The van der Waals surface area contributed by atoms with Gasteiger partial charge in [0.15, 0.2) is 0 Å². The van der Waals surface area contributed by atoms with Crippen molar-refractivity contribution >= 4 is 22.4 Å². The van der Waals surface area contributed by atoms with Gasteiger partial charge in [-0.25, -0.2) is 0 Å². The maximum absolute atomic E-state index is 6.27. The number of hydrogen-bond acceptors (Lipinski definition) is 2. The zero-order valence-electron chi connectivity index (χ0n) is 8.50. The molecule has 0 aliphatic carbocycles. The summed E-state index contributed by atoms with van der Waals surface area (Å²) >= 11 is 6.27. The summed E-state index contributed by atoms with van der Waals surface area (Å²) in [5.74, 6) is 0. The van der Waals surface area contributed by atoms with E-state index in [-0.39, 0.29) is 0 Å². The van der Waals surface area contributed by atoms with Gasteiger partial charge in [0.1, 0.15) is 0 Å². The second kappa shape index (κ2) is 3.49. The van der Waals surface area contributed by atoms with Gasteiger partial charge in [0.25, 0.3) is 0 Å². The molecule has 0 radical (unpaired) electrons. The lowest BCUT2D eigenvalue weighted by molar-refractivity contribution is 0.521. The Morgan fingerprint density at radius 1 is 1.07 bits per heavy atom. The number of halogens is 1. The Morgan fingerprint density at radius 2 is 1.73 bits per heavy atom. The molecule has 3 heteroatoms. The first-order chi connectivity index (χ1) is 7.00. The molecule has 2 rings (SSSR count). The average Bonchev–Trinajstić information content (AvgIpc) is 2.16. The summed E-state index contributed by atoms with van der Waals surface area (Å²) in [6.07, 6.45) is 0. The minimum Gasteiger partial charge on any atom is -0.310 e. The zero-order valence-corrected chi connectivity index (χ0v) is 9.25. The molecule has 0 atom stereocenters. The Hall–Kier alpha value is -1.09. The Bertz CT molecular complexity index is 500. The quantitative estimate of drug-likeness (QED) is 0.726.